The molecule has 0 spiro atoms. The van der Waals surface area contributed by atoms with Crippen molar-refractivity contribution in [2.75, 3.05) is 18.0 Å². The van der Waals surface area contributed by atoms with Crippen molar-refractivity contribution in [3.8, 4) is 0 Å². The van der Waals surface area contributed by atoms with Gasteiger partial charge in [0, 0.05) is 5.39 Å². The number of fused-ring (bicyclic) bond motifs is 1. The zero-order chi connectivity index (χ0) is 17.9. The highest BCUT2D eigenvalue weighted by Crippen LogP contribution is 2.35. The van der Waals surface area contributed by atoms with Gasteiger partial charge in [-0.2, -0.15) is 13.2 Å². The van der Waals surface area contributed by atoms with Crippen molar-refractivity contribution >= 4 is 22.8 Å². The number of rotatable bonds is 2. The van der Waals surface area contributed by atoms with E-state index in [1.807, 2.05) is 0 Å². The number of aromatic carboxylic acids is 1. The third-order valence-electron chi connectivity index (χ3n) is 3.38. The van der Waals surface area contributed by atoms with Crippen LogP contribution in [-0.4, -0.2) is 40.1 Å². The normalized spacial score (nSPS) is 17.0. The minimum Gasteiger partial charge on any atom is -0.478 e. The fourth-order valence-corrected chi connectivity index (χ4v) is 2.33. The van der Waals surface area contributed by atoms with Gasteiger partial charge in [-0.25, -0.2) is 27.9 Å². The minimum atomic E-state index is -5.07. The summed E-state index contributed by atoms with van der Waals surface area (Å²) >= 11 is 0. The van der Waals surface area contributed by atoms with Crippen LogP contribution < -0.4 is 4.90 Å². The molecule has 3 rings (SSSR count). The molecular formula is C13H7F6N3O2. The van der Waals surface area contributed by atoms with E-state index in [1.165, 1.54) is 0 Å². The first-order valence-corrected chi connectivity index (χ1v) is 6.42. The Balaban J connectivity index is 2.16. The predicted octanol–water partition coefficient (Wildman–Crippen LogP) is 2.94. The Morgan fingerprint density at radius 1 is 1.21 bits per heavy atom. The van der Waals surface area contributed by atoms with Gasteiger partial charge >= 0.3 is 12.1 Å². The summed E-state index contributed by atoms with van der Waals surface area (Å²) in [5.74, 6) is -6.53. The molecule has 1 N–H and O–H groups in total. The lowest BCUT2D eigenvalue weighted by Crippen LogP contribution is -2.57. The van der Waals surface area contributed by atoms with Crippen LogP contribution in [0, 0.1) is 5.82 Å². The Kier molecular flexibility index (Phi) is 3.36. The zero-order valence-electron chi connectivity index (χ0n) is 11.5. The average Bonchev–Trinajstić information content (AvgIpc) is 2.41. The van der Waals surface area contributed by atoms with E-state index in [-0.39, 0.29) is 5.39 Å². The van der Waals surface area contributed by atoms with E-state index in [2.05, 4.69) is 9.97 Å². The van der Waals surface area contributed by atoms with Crippen LogP contribution in [0.1, 0.15) is 16.1 Å². The van der Waals surface area contributed by atoms with Crippen LogP contribution in [0.5, 0.6) is 0 Å². The van der Waals surface area contributed by atoms with Gasteiger partial charge in [0.1, 0.15) is 0 Å². The number of pyridine rings is 2. The summed E-state index contributed by atoms with van der Waals surface area (Å²) in [4.78, 5) is 18.5. The van der Waals surface area contributed by atoms with Crippen LogP contribution >= 0.6 is 0 Å². The van der Waals surface area contributed by atoms with Gasteiger partial charge < -0.3 is 10.0 Å². The van der Waals surface area contributed by atoms with Gasteiger partial charge in [-0.1, -0.05) is 0 Å². The Labute approximate surface area is 129 Å². The standard InChI is InChI=1S/C13H7F6N3O2/c14-7-2-5-1-6(11(23)24)8(13(17,18)19)20-9(5)21-10(7)22-3-12(15,16)4-22/h1-2H,3-4H2,(H,23,24). The van der Waals surface area contributed by atoms with E-state index in [4.69, 9.17) is 5.11 Å². The number of hydrogen-bond donors (Lipinski definition) is 1. The van der Waals surface area contributed by atoms with Gasteiger partial charge in [0.05, 0.1) is 18.7 Å². The highest BCUT2D eigenvalue weighted by Gasteiger charge is 2.45. The van der Waals surface area contributed by atoms with Gasteiger partial charge in [0.2, 0.25) is 0 Å². The van der Waals surface area contributed by atoms with Crippen molar-refractivity contribution in [2.24, 2.45) is 0 Å². The molecule has 1 saturated heterocycles. The second-order valence-electron chi connectivity index (χ2n) is 5.24. The molecule has 0 aliphatic carbocycles. The molecule has 0 unspecified atom stereocenters. The number of carbonyl (C=O) groups is 1. The number of aromatic nitrogens is 2. The van der Waals surface area contributed by atoms with Gasteiger partial charge in [-0.05, 0) is 12.1 Å². The summed E-state index contributed by atoms with van der Waals surface area (Å²) < 4.78 is 78.4. The second kappa shape index (κ2) is 4.95. The number of carboxylic acid groups (broad SMARTS) is 1. The maximum absolute atomic E-state index is 14.0. The number of hydrogen-bond acceptors (Lipinski definition) is 4. The molecule has 0 radical (unpaired) electrons. The SMILES string of the molecule is O=C(O)c1cc2cc(F)c(N3CC(F)(F)C3)nc2nc1C(F)(F)F. The van der Waals surface area contributed by atoms with E-state index in [0.29, 0.717) is 12.1 Å². The average molecular weight is 351 g/mol. The molecule has 24 heavy (non-hydrogen) atoms. The fraction of sp³-hybridized carbons (Fsp3) is 0.308. The summed E-state index contributed by atoms with van der Waals surface area (Å²) in [5.41, 5.74) is -3.43. The van der Waals surface area contributed by atoms with Crippen LogP contribution in [0.25, 0.3) is 11.0 Å². The first kappa shape index (κ1) is 16.3. The van der Waals surface area contributed by atoms with Crippen LogP contribution in [-0.2, 0) is 6.18 Å². The largest absolute Gasteiger partial charge is 0.478 e. The molecule has 0 aromatic carbocycles. The highest BCUT2D eigenvalue weighted by molar-refractivity contribution is 5.93. The van der Waals surface area contributed by atoms with Crippen molar-refractivity contribution < 1.29 is 36.2 Å². The molecule has 0 atom stereocenters. The molecule has 0 amide bonds. The first-order valence-electron chi connectivity index (χ1n) is 6.42. The van der Waals surface area contributed by atoms with Gasteiger partial charge in [-0.15, -0.1) is 0 Å². The molecule has 2 aromatic heterocycles. The molecule has 0 saturated carbocycles. The van der Waals surface area contributed by atoms with Crippen LogP contribution in [0.2, 0.25) is 0 Å². The number of halogens is 6. The summed E-state index contributed by atoms with van der Waals surface area (Å²) in [6.45, 7) is -1.64. The monoisotopic (exact) mass is 351 g/mol. The van der Waals surface area contributed by atoms with Crippen LogP contribution in [0.15, 0.2) is 12.1 Å². The third kappa shape index (κ3) is 2.69. The lowest BCUT2D eigenvalue weighted by molar-refractivity contribution is -0.141. The molecule has 1 aliphatic heterocycles. The summed E-state index contributed by atoms with van der Waals surface area (Å²) in [6.07, 6.45) is -5.07. The Bertz CT molecular complexity index is 844. The lowest BCUT2D eigenvalue weighted by Gasteiger charge is -2.39. The minimum absolute atomic E-state index is 0.283. The van der Waals surface area contributed by atoms with Crippen molar-refractivity contribution in [3.63, 3.8) is 0 Å². The molecule has 2 aromatic rings. The smallest absolute Gasteiger partial charge is 0.434 e. The van der Waals surface area contributed by atoms with E-state index in [0.717, 1.165) is 4.90 Å². The van der Waals surface area contributed by atoms with Crippen LogP contribution in [0.3, 0.4) is 0 Å². The fourth-order valence-electron chi connectivity index (χ4n) is 2.33. The predicted molar refractivity (Wildman–Crippen MR) is 68.6 cm³/mol. The van der Waals surface area contributed by atoms with Crippen molar-refractivity contribution in [1.82, 2.24) is 9.97 Å². The number of nitrogens with zero attached hydrogens (tertiary/aromatic N) is 3. The number of anilines is 1. The Hall–Kier alpha value is -2.59. The Morgan fingerprint density at radius 3 is 2.33 bits per heavy atom. The topological polar surface area (TPSA) is 66.3 Å². The quantitative estimate of drug-likeness (QED) is 0.843. The van der Waals surface area contributed by atoms with Crippen molar-refractivity contribution in [1.29, 1.82) is 0 Å². The second-order valence-corrected chi connectivity index (χ2v) is 5.24. The molecular weight excluding hydrogens is 344 g/mol. The highest BCUT2D eigenvalue weighted by atomic mass is 19.4. The van der Waals surface area contributed by atoms with E-state index in [9.17, 15) is 31.1 Å². The maximum atomic E-state index is 14.0. The summed E-state index contributed by atoms with van der Waals surface area (Å²) in [6, 6.07) is 1.31. The molecule has 128 valence electrons. The Morgan fingerprint density at radius 2 is 1.83 bits per heavy atom. The van der Waals surface area contributed by atoms with E-state index < -0.39 is 59.7 Å². The zero-order valence-corrected chi connectivity index (χ0v) is 11.5. The molecule has 1 aliphatic rings. The molecule has 5 nitrogen and oxygen atoms in total. The third-order valence-corrected chi connectivity index (χ3v) is 3.38. The number of alkyl halides is 5. The van der Waals surface area contributed by atoms with Crippen molar-refractivity contribution in [3.05, 3.63) is 29.2 Å². The van der Waals surface area contributed by atoms with Gasteiger partial charge in [0.15, 0.2) is 23.0 Å². The molecule has 0 bridgehead atoms. The van der Waals surface area contributed by atoms with Gasteiger partial charge in [-0.3, -0.25) is 0 Å². The van der Waals surface area contributed by atoms with E-state index >= 15 is 0 Å². The lowest BCUT2D eigenvalue weighted by atomic mass is 10.1. The van der Waals surface area contributed by atoms with Crippen molar-refractivity contribution in [2.45, 2.75) is 12.1 Å². The molecule has 1 fully saturated rings. The summed E-state index contributed by atoms with van der Waals surface area (Å²) in [7, 11) is 0. The molecule has 11 heteroatoms. The van der Waals surface area contributed by atoms with Gasteiger partial charge in [0.25, 0.3) is 5.92 Å². The molecule has 3 heterocycles. The van der Waals surface area contributed by atoms with Crippen LogP contribution in [0.4, 0.5) is 32.2 Å². The van der Waals surface area contributed by atoms with E-state index in [1.54, 1.807) is 0 Å². The maximum Gasteiger partial charge on any atom is 0.434 e. The first-order chi connectivity index (χ1) is 11.0. The number of carboxylic acids is 1. The summed E-state index contributed by atoms with van der Waals surface area (Å²) in [5, 5.41) is 8.58.